The number of nitrogens with zero attached hydrogens (tertiary/aromatic N) is 1. The quantitative estimate of drug-likeness (QED) is 0.519. The Morgan fingerprint density at radius 1 is 1.00 bits per heavy atom. The number of aliphatic carboxylic acids is 1. The summed E-state index contributed by atoms with van der Waals surface area (Å²) in [5.41, 5.74) is -0.754. The van der Waals surface area contributed by atoms with Gasteiger partial charge in [0.2, 0.25) is 11.8 Å². The molecule has 7 heteroatoms. The molecule has 0 aliphatic carbocycles. The number of rotatable bonds is 5. The average molecular weight is 444 g/mol. The molecule has 2 aliphatic rings. The number of phenolic OH excluding ortho intramolecular Hbond substituents is 1. The predicted molar refractivity (Wildman–Crippen MR) is 123 cm³/mol. The molecule has 3 N–H and O–H groups in total. The molecule has 0 aromatic heterocycles. The van der Waals surface area contributed by atoms with Crippen LogP contribution in [-0.2, 0) is 14.4 Å². The number of benzene rings is 3. The van der Waals surface area contributed by atoms with E-state index in [4.69, 9.17) is 0 Å². The summed E-state index contributed by atoms with van der Waals surface area (Å²) in [6.07, 6.45) is 0.682. The Hall–Kier alpha value is -3.71. The fourth-order valence-electron chi connectivity index (χ4n) is 5.59. The number of carbonyl (C=O) groups excluding carboxylic acids is 2. The molecule has 2 aliphatic heterocycles. The molecular formula is C26H24N2O5. The highest BCUT2D eigenvalue weighted by molar-refractivity contribution is 6.26. The van der Waals surface area contributed by atoms with Crippen LogP contribution in [0.5, 0.6) is 5.75 Å². The van der Waals surface area contributed by atoms with Crippen molar-refractivity contribution in [2.45, 2.75) is 31.3 Å². The molecule has 4 atom stereocenters. The molecule has 0 saturated carbocycles. The largest absolute Gasteiger partial charge is 0.508 e. The number of phenols is 1. The van der Waals surface area contributed by atoms with Crippen molar-refractivity contribution in [2.24, 2.45) is 11.8 Å². The average Bonchev–Trinajstić information content (AvgIpc) is 3.28. The van der Waals surface area contributed by atoms with Gasteiger partial charge >= 0.3 is 5.97 Å². The van der Waals surface area contributed by atoms with Gasteiger partial charge in [0.05, 0.1) is 17.5 Å². The SMILES string of the molecule is CCC[C@]1(C(=O)O)N[C@@H](c2ccccc2O)[C@H]2C(=O)N(c3cccc4ccccc34)C(=O)[C@@H]21. The predicted octanol–water partition coefficient (Wildman–Crippen LogP) is 3.62. The topological polar surface area (TPSA) is 107 Å². The molecular weight excluding hydrogens is 420 g/mol. The zero-order valence-corrected chi connectivity index (χ0v) is 18.1. The summed E-state index contributed by atoms with van der Waals surface area (Å²) in [6.45, 7) is 1.85. The number of carboxylic acid groups (broad SMARTS) is 1. The summed E-state index contributed by atoms with van der Waals surface area (Å²) in [6, 6.07) is 18.6. The third-order valence-electron chi connectivity index (χ3n) is 6.96. The van der Waals surface area contributed by atoms with Crippen LogP contribution in [0, 0.1) is 11.8 Å². The van der Waals surface area contributed by atoms with Crippen molar-refractivity contribution in [3.63, 3.8) is 0 Å². The third-order valence-corrected chi connectivity index (χ3v) is 6.96. The lowest BCUT2D eigenvalue weighted by molar-refractivity contribution is -0.149. The van der Waals surface area contributed by atoms with E-state index in [2.05, 4.69) is 5.32 Å². The number of hydrogen-bond donors (Lipinski definition) is 3. The molecule has 2 amide bonds. The van der Waals surface area contributed by atoms with Gasteiger partial charge in [-0.05, 0) is 23.9 Å². The van der Waals surface area contributed by atoms with E-state index in [1.807, 2.05) is 37.3 Å². The monoisotopic (exact) mass is 444 g/mol. The minimum atomic E-state index is -1.61. The summed E-state index contributed by atoms with van der Waals surface area (Å²) >= 11 is 0. The second kappa shape index (κ2) is 7.71. The highest BCUT2D eigenvalue weighted by atomic mass is 16.4. The molecule has 0 bridgehead atoms. The molecule has 3 aromatic carbocycles. The normalized spacial score (nSPS) is 26.7. The molecule has 2 heterocycles. The Kier molecular flexibility index (Phi) is 4.94. The van der Waals surface area contributed by atoms with Gasteiger partial charge in [-0.1, -0.05) is 67.9 Å². The lowest BCUT2D eigenvalue weighted by atomic mass is 9.77. The van der Waals surface area contributed by atoms with Crippen LogP contribution in [0.25, 0.3) is 10.8 Å². The van der Waals surface area contributed by atoms with Gasteiger partial charge in [-0.2, -0.15) is 0 Å². The van der Waals surface area contributed by atoms with Gasteiger partial charge in [0.15, 0.2) is 0 Å². The van der Waals surface area contributed by atoms with Crippen LogP contribution in [0.4, 0.5) is 5.69 Å². The number of carbonyl (C=O) groups is 3. The van der Waals surface area contributed by atoms with E-state index in [0.717, 1.165) is 15.7 Å². The van der Waals surface area contributed by atoms with Crippen molar-refractivity contribution in [1.29, 1.82) is 0 Å². The lowest BCUT2D eigenvalue weighted by Crippen LogP contribution is -2.55. The van der Waals surface area contributed by atoms with Crippen molar-refractivity contribution < 1.29 is 24.6 Å². The van der Waals surface area contributed by atoms with Gasteiger partial charge in [-0.15, -0.1) is 0 Å². The molecule has 0 spiro atoms. The first-order valence-corrected chi connectivity index (χ1v) is 11.0. The fourth-order valence-corrected chi connectivity index (χ4v) is 5.59. The lowest BCUT2D eigenvalue weighted by Gasteiger charge is -2.31. The minimum Gasteiger partial charge on any atom is -0.508 e. The molecule has 3 aromatic rings. The van der Waals surface area contributed by atoms with Gasteiger partial charge in [0.1, 0.15) is 11.3 Å². The first-order chi connectivity index (χ1) is 15.9. The highest BCUT2D eigenvalue weighted by Crippen LogP contribution is 2.52. The fraction of sp³-hybridized carbons (Fsp3) is 0.269. The second-order valence-corrected chi connectivity index (χ2v) is 8.72. The van der Waals surface area contributed by atoms with E-state index in [-0.39, 0.29) is 12.2 Å². The Bertz CT molecular complexity index is 1280. The van der Waals surface area contributed by atoms with E-state index in [1.54, 1.807) is 30.3 Å². The number of fused-ring (bicyclic) bond motifs is 2. The summed E-state index contributed by atoms with van der Waals surface area (Å²) < 4.78 is 0. The van der Waals surface area contributed by atoms with Crippen molar-refractivity contribution in [2.75, 3.05) is 4.90 Å². The first kappa shape index (κ1) is 21.2. The highest BCUT2D eigenvalue weighted by Gasteiger charge is 2.68. The van der Waals surface area contributed by atoms with Crippen LogP contribution < -0.4 is 10.2 Å². The van der Waals surface area contributed by atoms with Crippen LogP contribution in [0.3, 0.4) is 0 Å². The van der Waals surface area contributed by atoms with Crippen LogP contribution in [0.2, 0.25) is 0 Å². The number of para-hydroxylation sites is 1. The molecule has 2 fully saturated rings. The molecule has 168 valence electrons. The molecule has 2 saturated heterocycles. The Morgan fingerprint density at radius 2 is 1.70 bits per heavy atom. The number of imide groups is 1. The van der Waals surface area contributed by atoms with Crippen LogP contribution in [-0.4, -0.2) is 33.5 Å². The van der Waals surface area contributed by atoms with E-state index in [0.29, 0.717) is 17.7 Å². The summed E-state index contributed by atoms with van der Waals surface area (Å²) in [4.78, 5) is 41.4. The van der Waals surface area contributed by atoms with Crippen molar-refractivity contribution in [3.05, 3.63) is 72.3 Å². The maximum atomic E-state index is 13.8. The van der Waals surface area contributed by atoms with E-state index in [1.165, 1.54) is 6.07 Å². The zero-order valence-electron chi connectivity index (χ0n) is 18.1. The standard InChI is InChI=1S/C26H24N2O5/c1-2-14-26(25(32)33)21-20(22(27-26)17-11-5-6-13-19(17)29)23(30)28(24(21)31)18-12-7-9-15-8-3-4-10-16(15)18/h3-13,20-22,27,29H,2,14H2,1H3,(H,32,33)/t20-,21+,22-,26-/m0/s1. The number of hydrogen-bond acceptors (Lipinski definition) is 5. The first-order valence-electron chi connectivity index (χ1n) is 11.0. The maximum absolute atomic E-state index is 13.8. The molecule has 5 rings (SSSR count). The Morgan fingerprint density at radius 3 is 2.42 bits per heavy atom. The number of nitrogens with one attached hydrogen (secondary N) is 1. The van der Waals surface area contributed by atoms with Crippen LogP contribution in [0.1, 0.15) is 31.4 Å². The van der Waals surface area contributed by atoms with E-state index >= 15 is 0 Å². The molecule has 0 radical (unpaired) electrons. The number of anilines is 1. The second-order valence-electron chi connectivity index (χ2n) is 8.72. The van der Waals surface area contributed by atoms with Crippen LogP contribution >= 0.6 is 0 Å². The zero-order chi connectivity index (χ0) is 23.3. The van der Waals surface area contributed by atoms with Crippen molar-refractivity contribution in [3.8, 4) is 5.75 Å². The number of aromatic hydroxyl groups is 1. The summed E-state index contributed by atoms with van der Waals surface area (Å²) in [7, 11) is 0. The maximum Gasteiger partial charge on any atom is 0.324 e. The van der Waals surface area contributed by atoms with Gasteiger partial charge in [0.25, 0.3) is 0 Å². The van der Waals surface area contributed by atoms with Gasteiger partial charge in [-0.3, -0.25) is 19.7 Å². The van der Waals surface area contributed by atoms with Crippen LogP contribution in [0.15, 0.2) is 66.7 Å². The van der Waals surface area contributed by atoms with E-state index in [9.17, 15) is 24.6 Å². The van der Waals surface area contributed by atoms with Gasteiger partial charge < -0.3 is 10.2 Å². The summed E-state index contributed by atoms with van der Waals surface area (Å²) in [5, 5.41) is 25.5. The minimum absolute atomic E-state index is 0.0460. The van der Waals surface area contributed by atoms with E-state index < -0.39 is 41.2 Å². The molecule has 0 unspecified atom stereocenters. The Balaban J connectivity index is 1.70. The van der Waals surface area contributed by atoms with Crippen molar-refractivity contribution >= 4 is 34.2 Å². The smallest absolute Gasteiger partial charge is 0.324 e. The Labute approximate surface area is 190 Å². The summed E-state index contributed by atoms with van der Waals surface area (Å²) in [5.74, 6) is -4.24. The van der Waals surface area contributed by atoms with Gasteiger partial charge in [-0.25, -0.2) is 4.90 Å². The van der Waals surface area contributed by atoms with Gasteiger partial charge in [0, 0.05) is 17.0 Å². The number of carboxylic acids is 1. The molecule has 7 nitrogen and oxygen atoms in total. The molecule has 33 heavy (non-hydrogen) atoms. The van der Waals surface area contributed by atoms with Crippen molar-refractivity contribution in [1.82, 2.24) is 5.32 Å². The number of amides is 2. The third kappa shape index (κ3) is 2.96.